The van der Waals surface area contributed by atoms with Gasteiger partial charge in [0.05, 0.1) is 5.41 Å². The van der Waals surface area contributed by atoms with Crippen molar-refractivity contribution < 1.29 is 19.4 Å². The SMILES string of the molecule is CC1(C(=O)O)CCN(C(=O)COC(c2ccccc2)c2ccccc2)C1. The largest absolute Gasteiger partial charge is 0.481 e. The van der Waals surface area contributed by atoms with Crippen molar-refractivity contribution >= 4 is 11.9 Å². The zero-order valence-electron chi connectivity index (χ0n) is 14.8. The van der Waals surface area contributed by atoms with Crippen LogP contribution in [0, 0.1) is 5.41 Å². The van der Waals surface area contributed by atoms with Gasteiger partial charge in [-0.2, -0.15) is 0 Å². The van der Waals surface area contributed by atoms with Gasteiger partial charge in [-0.05, 0) is 24.5 Å². The minimum absolute atomic E-state index is 0.0792. The highest BCUT2D eigenvalue weighted by atomic mass is 16.5. The Bertz CT molecular complexity index is 723. The lowest BCUT2D eigenvalue weighted by Gasteiger charge is -2.23. The van der Waals surface area contributed by atoms with E-state index in [0.717, 1.165) is 11.1 Å². The molecule has 0 aliphatic carbocycles. The quantitative estimate of drug-likeness (QED) is 0.866. The number of nitrogens with zero attached hydrogens (tertiary/aromatic N) is 1. The van der Waals surface area contributed by atoms with Crippen LogP contribution >= 0.6 is 0 Å². The number of hydrogen-bond acceptors (Lipinski definition) is 3. The fourth-order valence-electron chi connectivity index (χ4n) is 3.23. The van der Waals surface area contributed by atoms with E-state index >= 15 is 0 Å². The van der Waals surface area contributed by atoms with E-state index < -0.39 is 11.4 Å². The monoisotopic (exact) mass is 353 g/mol. The molecular formula is C21H23NO4. The van der Waals surface area contributed by atoms with Gasteiger partial charge in [0.2, 0.25) is 5.91 Å². The summed E-state index contributed by atoms with van der Waals surface area (Å²) in [6.45, 7) is 2.28. The third-order valence-electron chi connectivity index (χ3n) is 4.92. The first-order valence-electron chi connectivity index (χ1n) is 8.72. The maximum atomic E-state index is 12.5. The minimum atomic E-state index is -0.867. The summed E-state index contributed by atoms with van der Waals surface area (Å²) in [4.78, 5) is 25.5. The Morgan fingerprint density at radius 1 is 1.08 bits per heavy atom. The van der Waals surface area contributed by atoms with E-state index in [0.29, 0.717) is 13.0 Å². The molecule has 5 heteroatoms. The summed E-state index contributed by atoms with van der Waals surface area (Å²) < 4.78 is 5.98. The lowest BCUT2D eigenvalue weighted by atomic mass is 9.90. The van der Waals surface area contributed by atoms with Crippen molar-refractivity contribution in [1.29, 1.82) is 0 Å². The van der Waals surface area contributed by atoms with Crippen LogP contribution in [0.25, 0.3) is 0 Å². The third-order valence-corrected chi connectivity index (χ3v) is 4.92. The Labute approximate surface area is 153 Å². The maximum absolute atomic E-state index is 12.5. The van der Waals surface area contributed by atoms with Crippen LogP contribution in [0.1, 0.15) is 30.6 Å². The Morgan fingerprint density at radius 3 is 2.08 bits per heavy atom. The van der Waals surface area contributed by atoms with Gasteiger partial charge in [-0.3, -0.25) is 9.59 Å². The van der Waals surface area contributed by atoms with Crippen molar-refractivity contribution in [3.8, 4) is 0 Å². The Balaban J connectivity index is 1.69. The highest BCUT2D eigenvalue weighted by molar-refractivity contribution is 5.81. The van der Waals surface area contributed by atoms with Gasteiger partial charge in [0, 0.05) is 13.1 Å². The summed E-state index contributed by atoms with van der Waals surface area (Å²) in [6.07, 6.45) is 0.129. The van der Waals surface area contributed by atoms with Crippen molar-refractivity contribution in [3.63, 3.8) is 0 Å². The van der Waals surface area contributed by atoms with Gasteiger partial charge in [-0.15, -0.1) is 0 Å². The number of hydrogen-bond donors (Lipinski definition) is 1. The average molecular weight is 353 g/mol. The van der Waals surface area contributed by atoms with Gasteiger partial charge in [0.25, 0.3) is 0 Å². The second-order valence-corrected chi connectivity index (χ2v) is 6.94. The number of benzene rings is 2. The predicted molar refractivity (Wildman–Crippen MR) is 97.6 cm³/mol. The zero-order chi connectivity index (χ0) is 18.6. The summed E-state index contributed by atoms with van der Waals surface area (Å²) in [5, 5.41) is 9.32. The van der Waals surface area contributed by atoms with E-state index in [2.05, 4.69) is 0 Å². The van der Waals surface area contributed by atoms with E-state index in [1.54, 1.807) is 11.8 Å². The van der Waals surface area contributed by atoms with Crippen LogP contribution < -0.4 is 0 Å². The molecule has 0 saturated carbocycles. The van der Waals surface area contributed by atoms with E-state index in [1.165, 1.54) is 0 Å². The molecule has 1 aliphatic rings. The number of aliphatic carboxylic acids is 1. The highest BCUT2D eigenvalue weighted by Crippen LogP contribution is 2.31. The van der Waals surface area contributed by atoms with Crippen molar-refractivity contribution in [2.75, 3.05) is 19.7 Å². The molecule has 1 saturated heterocycles. The minimum Gasteiger partial charge on any atom is -0.481 e. The molecule has 1 fully saturated rings. The first-order chi connectivity index (χ1) is 12.5. The molecule has 1 N–H and O–H groups in total. The van der Waals surface area contributed by atoms with Gasteiger partial charge < -0.3 is 14.7 Å². The summed E-state index contributed by atoms with van der Waals surface area (Å²) in [6, 6.07) is 19.5. The molecule has 3 rings (SSSR count). The molecule has 0 bridgehead atoms. The number of likely N-dealkylation sites (tertiary alicyclic amines) is 1. The van der Waals surface area contributed by atoms with Crippen molar-refractivity contribution in [2.24, 2.45) is 5.41 Å². The van der Waals surface area contributed by atoms with Crippen LogP contribution in [-0.4, -0.2) is 41.6 Å². The van der Waals surface area contributed by atoms with Crippen LogP contribution in [-0.2, 0) is 14.3 Å². The molecule has 1 heterocycles. The second-order valence-electron chi connectivity index (χ2n) is 6.94. The smallest absolute Gasteiger partial charge is 0.311 e. The summed E-state index contributed by atoms with van der Waals surface area (Å²) in [7, 11) is 0. The van der Waals surface area contributed by atoms with Crippen molar-refractivity contribution in [3.05, 3.63) is 71.8 Å². The van der Waals surface area contributed by atoms with Crippen LogP contribution in [0.15, 0.2) is 60.7 Å². The number of amides is 1. The molecule has 0 aromatic heterocycles. The number of carbonyl (C=O) groups excluding carboxylic acids is 1. The third kappa shape index (κ3) is 3.94. The van der Waals surface area contributed by atoms with Crippen molar-refractivity contribution in [2.45, 2.75) is 19.4 Å². The highest BCUT2D eigenvalue weighted by Gasteiger charge is 2.42. The van der Waals surface area contributed by atoms with Gasteiger partial charge in [0.1, 0.15) is 12.7 Å². The fourth-order valence-corrected chi connectivity index (χ4v) is 3.23. The van der Waals surface area contributed by atoms with Gasteiger partial charge in [-0.25, -0.2) is 0 Å². The molecule has 26 heavy (non-hydrogen) atoms. The lowest BCUT2D eigenvalue weighted by molar-refractivity contribution is -0.147. The number of rotatable bonds is 6. The van der Waals surface area contributed by atoms with Gasteiger partial charge in [0.15, 0.2) is 0 Å². The molecule has 2 aromatic carbocycles. The van der Waals surface area contributed by atoms with Gasteiger partial charge in [-0.1, -0.05) is 60.7 Å². The molecular weight excluding hydrogens is 330 g/mol. The van der Waals surface area contributed by atoms with E-state index in [9.17, 15) is 14.7 Å². The summed E-state index contributed by atoms with van der Waals surface area (Å²) in [5.74, 6) is -1.04. The van der Waals surface area contributed by atoms with Gasteiger partial charge >= 0.3 is 5.97 Å². The van der Waals surface area contributed by atoms with Crippen molar-refractivity contribution in [1.82, 2.24) is 4.90 Å². The number of ether oxygens (including phenoxy) is 1. The molecule has 1 aliphatic heterocycles. The topological polar surface area (TPSA) is 66.8 Å². The van der Waals surface area contributed by atoms with Crippen LogP contribution in [0.3, 0.4) is 0 Å². The first-order valence-corrected chi connectivity index (χ1v) is 8.72. The fraction of sp³-hybridized carbons (Fsp3) is 0.333. The van der Waals surface area contributed by atoms with Crippen LogP contribution in [0.5, 0.6) is 0 Å². The zero-order valence-corrected chi connectivity index (χ0v) is 14.8. The molecule has 1 amide bonds. The second kappa shape index (κ2) is 7.70. The predicted octanol–water partition coefficient (Wildman–Crippen LogP) is 3.12. The normalized spacial score (nSPS) is 19.7. The summed E-state index contributed by atoms with van der Waals surface area (Å²) in [5.41, 5.74) is 1.08. The average Bonchev–Trinajstić information content (AvgIpc) is 3.07. The molecule has 0 radical (unpaired) electrons. The molecule has 0 spiro atoms. The van der Waals surface area contributed by atoms with Crippen LogP contribution in [0.4, 0.5) is 0 Å². The number of carboxylic acid groups (broad SMARTS) is 1. The number of carbonyl (C=O) groups is 2. The summed E-state index contributed by atoms with van der Waals surface area (Å²) >= 11 is 0. The Hall–Kier alpha value is -2.66. The maximum Gasteiger partial charge on any atom is 0.311 e. The molecule has 136 valence electrons. The standard InChI is InChI=1S/C21H23NO4/c1-21(20(24)25)12-13-22(15-21)18(23)14-26-19(16-8-4-2-5-9-16)17-10-6-3-7-11-17/h2-11,19H,12-15H2,1H3,(H,24,25). The molecule has 1 atom stereocenters. The Morgan fingerprint density at radius 2 is 1.62 bits per heavy atom. The Kier molecular flexibility index (Phi) is 5.38. The van der Waals surface area contributed by atoms with E-state index in [1.807, 2.05) is 60.7 Å². The van der Waals surface area contributed by atoms with Crippen LogP contribution in [0.2, 0.25) is 0 Å². The first kappa shape index (κ1) is 18.1. The molecule has 2 aromatic rings. The lowest BCUT2D eigenvalue weighted by Crippen LogP contribution is -2.36. The van der Waals surface area contributed by atoms with E-state index in [4.69, 9.17) is 4.74 Å². The van der Waals surface area contributed by atoms with E-state index in [-0.39, 0.29) is 25.2 Å². The number of carboxylic acids is 1. The molecule has 5 nitrogen and oxygen atoms in total. The molecule has 1 unspecified atom stereocenters.